The van der Waals surface area contributed by atoms with Crippen LogP contribution in [-0.2, 0) is 11.0 Å². The number of aromatic nitrogens is 2. The fourth-order valence-electron chi connectivity index (χ4n) is 3.13. The lowest BCUT2D eigenvalue weighted by molar-refractivity contribution is -0.137. The highest BCUT2D eigenvalue weighted by Gasteiger charge is 2.31. The topological polar surface area (TPSA) is 58.1 Å². The Morgan fingerprint density at radius 3 is 2.83 bits per heavy atom. The Balaban J connectivity index is 1.62. The molecular weight excluding hydrogens is 425 g/mol. The molecule has 0 radical (unpaired) electrons. The molecule has 1 aromatic heterocycles. The fraction of sp³-hybridized carbons (Fsp3) is 0.421. The molecule has 1 aromatic carbocycles. The minimum absolute atomic E-state index is 0.0153. The van der Waals surface area contributed by atoms with E-state index < -0.39 is 17.6 Å². The summed E-state index contributed by atoms with van der Waals surface area (Å²) in [5.41, 5.74) is -0.946. The number of thioether (sulfide) groups is 1. The van der Waals surface area contributed by atoms with Gasteiger partial charge in [0.05, 0.1) is 22.0 Å². The van der Waals surface area contributed by atoms with Crippen molar-refractivity contribution in [1.82, 2.24) is 9.97 Å². The van der Waals surface area contributed by atoms with E-state index in [1.54, 1.807) is 0 Å². The summed E-state index contributed by atoms with van der Waals surface area (Å²) in [7, 11) is 0. The van der Waals surface area contributed by atoms with Crippen molar-refractivity contribution in [1.29, 1.82) is 0 Å². The Morgan fingerprint density at radius 1 is 1.31 bits per heavy atom. The zero-order valence-electron chi connectivity index (χ0n) is 15.7. The normalized spacial score (nSPS) is 17.3. The van der Waals surface area contributed by atoms with E-state index in [9.17, 15) is 18.0 Å². The molecule has 2 heterocycles. The standard InChI is InChI=1S/C19H20ClF3N4OS/c1-12-4-2-3-7-27(12)16-9-18(25-11-24-16)29-10-17(28)26-15-8-13(19(21,22)23)5-6-14(15)20/h5-6,8-9,11-12H,2-4,7,10H2,1H3,(H,26,28)/t12-/m1/s1. The van der Waals surface area contributed by atoms with E-state index in [1.807, 2.05) is 6.07 Å². The number of rotatable bonds is 5. The number of piperidine rings is 1. The van der Waals surface area contributed by atoms with Gasteiger partial charge in [-0.3, -0.25) is 4.79 Å². The molecule has 156 valence electrons. The van der Waals surface area contributed by atoms with Crippen LogP contribution < -0.4 is 10.2 Å². The zero-order valence-corrected chi connectivity index (χ0v) is 17.2. The number of halogens is 4. The minimum Gasteiger partial charge on any atom is -0.354 e. The first-order chi connectivity index (χ1) is 13.7. The molecule has 0 bridgehead atoms. The third-order valence-electron chi connectivity index (χ3n) is 4.64. The van der Waals surface area contributed by atoms with Gasteiger partial charge in [0.25, 0.3) is 0 Å². The van der Waals surface area contributed by atoms with Crippen LogP contribution in [0.5, 0.6) is 0 Å². The van der Waals surface area contributed by atoms with Gasteiger partial charge in [-0.05, 0) is 44.4 Å². The Morgan fingerprint density at radius 2 is 2.10 bits per heavy atom. The Hall–Kier alpha value is -2.00. The van der Waals surface area contributed by atoms with Gasteiger partial charge in [0.1, 0.15) is 17.2 Å². The molecule has 1 amide bonds. The molecule has 1 atom stereocenters. The second-order valence-electron chi connectivity index (χ2n) is 6.78. The van der Waals surface area contributed by atoms with Crippen LogP contribution >= 0.6 is 23.4 Å². The maximum absolute atomic E-state index is 12.8. The second kappa shape index (κ2) is 9.21. The number of alkyl halides is 3. The number of hydrogen-bond acceptors (Lipinski definition) is 5. The van der Waals surface area contributed by atoms with Gasteiger partial charge in [0.2, 0.25) is 5.91 Å². The largest absolute Gasteiger partial charge is 0.416 e. The predicted octanol–water partition coefficient (Wildman–Crippen LogP) is 5.26. The Bertz CT molecular complexity index is 881. The molecule has 2 aromatic rings. The number of anilines is 2. The third kappa shape index (κ3) is 5.76. The van der Waals surface area contributed by atoms with Crippen molar-refractivity contribution in [2.75, 3.05) is 22.5 Å². The summed E-state index contributed by atoms with van der Waals surface area (Å²) >= 11 is 7.10. The number of carbonyl (C=O) groups is 1. The number of nitrogens with zero attached hydrogens (tertiary/aromatic N) is 3. The smallest absolute Gasteiger partial charge is 0.354 e. The van der Waals surface area contributed by atoms with Crippen molar-refractivity contribution >= 4 is 40.8 Å². The van der Waals surface area contributed by atoms with E-state index in [1.165, 1.54) is 24.5 Å². The summed E-state index contributed by atoms with van der Waals surface area (Å²) in [6.45, 7) is 3.08. The molecule has 3 rings (SSSR count). The average molecular weight is 445 g/mol. The van der Waals surface area contributed by atoms with Crippen molar-refractivity contribution in [3.8, 4) is 0 Å². The van der Waals surface area contributed by atoms with Crippen molar-refractivity contribution in [3.05, 3.63) is 41.2 Å². The highest BCUT2D eigenvalue weighted by atomic mass is 35.5. The fourth-order valence-corrected chi connectivity index (χ4v) is 3.95. The predicted molar refractivity (Wildman–Crippen MR) is 108 cm³/mol. The van der Waals surface area contributed by atoms with Gasteiger partial charge in [0.15, 0.2) is 0 Å². The van der Waals surface area contributed by atoms with Gasteiger partial charge in [-0.2, -0.15) is 13.2 Å². The molecule has 0 aliphatic carbocycles. The van der Waals surface area contributed by atoms with E-state index in [4.69, 9.17) is 11.6 Å². The van der Waals surface area contributed by atoms with E-state index in [0.29, 0.717) is 11.1 Å². The third-order valence-corrected chi connectivity index (χ3v) is 5.90. The monoisotopic (exact) mass is 444 g/mol. The van der Waals surface area contributed by atoms with Crippen LogP contribution in [0.3, 0.4) is 0 Å². The zero-order chi connectivity index (χ0) is 21.0. The molecule has 1 aliphatic rings. The average Bonchev–Trinajstić information content (AvgIpc) is 2.68. The molecule has 1 aliphatic heterocycles. The van der Waals surface area contributed by atoms with Crippen LogP contribution in [0.4, 0.5) is 24.7 Å². The molecule has 5 nitrogen and oxygen atoms in total. The van der Waals surface area contributed by atoms with Crippen LogP contribution in [0.15, 0.2) is 35.6 Å². The van der Waals surface area contributed by atoms with Gasteiger partial charge in [-0.15, -0.1) is 0 Å². The maximum Gasteiger partial charge on any atom is 0.416 e. The summed E-state index contributed by atoms with van der Waals surface area (Å²) in [5.74, 6) is 0.331. The van der Waals surface area contributed by atoms with Crippen LogP contribution in [0.2, 0.25) is 5.02 Å². The van der Waals surface area contributed by atoms with Crippen LogP contribution in [0.25, 0.3) is 0 Å². The summed E-state index contributed by atoms with van der Waals surface area (Å²) in [6.07, 6.45) is 0.356. The highest BCUT2D eigenvalue weighted by molar-refractivity contribution is 7.99. The molecule has 10 heteroatoms. The van der Waals surface area contributed by atoms with Gasteiger partial charge >= 0.3 is 6.18 Å². The van der Waals surface area contributed by atoms with Crippen LogP contribution in [0.1, 0.15) is 31.7 Å². The summed E-state index contributed by atoms with van der Waals surface area (Å²) in [4.78, 5) is 22.9. The summed E-state index contributed by atoms with van der Waals surface area (Å²) in [5, 5.41) is 3.10. The van der Waals surface area contributed by atoms with Gasteiger partial charge < -0.3 is 10.2 Å². The Labute approximate surface area is 176 Å². The molecule has 1 saturated heterocycles. The first-order valence-corrected chi connectivity index (χ1v) is 10.5. The summed E-state index contributed by atoms with van der Waals surface area (Å²) in [6, 6.07) is 5.03. The summed E-state index contributed by atoms with van der Waals surface area (Å²) < 4.78 is 38.5. The van der Waals surface area contributed by atoms with E-state index >= 15 is 0 Å². The van der Waals surface area contributed by atoms with Crippen molar-refractivity contribution in [3.63, 3.8) is 0 Å². The Kier molecular flexibility index (Phi) is 6.89. The van der Waals surface area contributed by atoms with Crippen molar-refractivity contribution in [2.45, 2.75) is 43.4 Å². The first-order valence-electron chi connectivity index (χ1n) is 9.12. The number of nitrogens with one attached hydrogen (secondary N) is 1. The van der Waals surface area contributed by atoms with Gasteiger partial charge in [0, 0.05) is 18.7 Å². The van der Waals surface area contributed by atoms with Crippen LogP contribution in [0, 0.1) is 0 Å². The van der Waals surface area contributed by atoms with Crippen molar-refractivity contribution < 1.29 is 18.0 Å². The molecule has 1 N–H and O–H groups in total. The maximum atomic E-state index is 12.8. The van der Waals surface area contributed by atoms with Gasteiger partial charge in [-0.1, -0.05) is 23.4 Å². The number of amides is 1. The molecule has 0 unspecified atom stereocenters. The van der Waals surface area contributed by atoms with Crippen molar-refractivity contribution in [2.24, 2.45) is 0 Å². The second-order valence-corrected chi connectivity index (χ2v) is 8.18. The quantitative estimate of drug-likeness (QED) is 0.503. The number of benzene rings is 1. The minimum atomic E-state index is -4.51. The lowest BCUT2D eigenvalue weighted by Crippen LogP contribution is -2.38. The SMILES string of the molecule is C[C@@H]1CCCCN1c1cc(SCC(=O)Nc2cc(C(F)(F)F)ccc2Cl)ncn1. The molecule has 29 heavy (non-hydrogen) atoms. The molecular formula is C19H20ClF3N4OS. The van der Waals surface area contributed by atoms with Gasteiger partial charge in [-0.25, -0.2) is 9.97 Å². The number of hydrogen-bond donors (Lipinski definition) is 1. The van der Waals surface area contributed by atoms with E-state index in [0.717, 1.165) is 43.4 Å². The molecule has 0 saturated carbocycles. The first kappa shape index (κ1) is 21.7. The molecule has 0 spiro atoms. The lowest BCUT2D eigenvalue weighted by atomic mass is 10.0. The van der Waals surface area contributed by atoms with Crippen LogP contribution in [-0.4, -0.2) is 34.2 Å². The van der Waals surface area contributed by atoms with E-state index in [2.05, 4.69) is 27.1 Å². The number of carbonyl (C=O) groups excluding carboxylic acids is 1. The lowest BCUT2D eigenvalue weighted by Gasteiger charge is -2.34. The molecule has 1 fully saturated rings. The van der Waals surface area contributed by atoms with E-state index in [-0.39, 0.29) is 16.5 Å². The highest BCUT2D eigenvalue weighted by Crippen LogP contribution is 2.34.